The third-order valence-electron chi connectivity index (χ3n) is 10.2. The molecule has 0 aliphatic heterocycles. The normalized spacial score (nSPS) is 13.7. The second-order valence-electron chi connectivity index (χ2n) is 16.1. The Hall–Kier alpha value is -2.29. The summed E-state index contributed by atoms with van der Waals surface area (Å²) in [6.45, 7) is 3.50. The lowest BCUT2D eigenvalue weighted by molar-refractivity contribution is -0.147. The van der Waals surface area contributed by atoms with E-state index in [1.54, 1.807) is 0 Å². The molecular formula is C50H90NO8P. The van der Waals surface area contributed by atoms with E-state index in [1.807, 2.05) is 0 Å². The summed E-state index contributed by atoms with van der Waals surface area (Å²) in [7, 11) is -4.43. The van der Waals surface area contributed by atoms with Crippen LogP contribution in [0.5, 0.6) is 0 Å². The number of allylic oxidation sites excluding steroid dienone is 10. The van der Waals surface area contributed by atoms with Crippen LogP contribution in [0.4, 0.5) is 0 Å². The minimum absolute atomic E-state index is 0.0743. The number of unbranched alkanes of at least 4 members (excludes halogenated alkanes) is 22. The van der Waals surface area contributed by atoms with Gasteiger partial charge in [-0.1, -0.05) is 177 Å². The number of nitrogens with one attached hydrogen (secondary N) is 1. The molecule has 1 amide bonds. The van der Waals surface area contributed by atoms with E-state index >= 15 is 0 Å². The predicted octanol–water partition coefficient (Wildman–Crippen LogP) is 14.1. The van der Waals surface area contributed by atoms with Gasteiger partial charge in [0.25, 0.3) is 0 Å². The number of esters is 1. The summed E-state index contributed by atoms with van der Waals surface area (Å²) in [6, 6.07) is 0. The summed E-state index contributed by atoms with van der Waals surface area (Å²) >= 11 is 0. The molecule has 348 valence electrons. The van der Waals surface area contributed by atoms with Gasteiger partial charge >= 0.3 is 13.8 Å². The topological polar surface area (TPSA) is 131 Å². The molecule has 0 fully saturated rings. The molecule has 10 heteroatoms. The number of hydrogen-bond donors (Lipinski definition) is 3. The van der Waals surface area contributed by atoms with Gasteiger partial charge in [-0.25, -0.2) is 4.57 Å². The standard InChI is InChI=1S/C50H90NO8P/c1-3-5-7-9-11-13-15-17-19-21-23-24-25-26-28-30-32-34-36-38-40-42-49(53)51-44-45-58-60(55,56)59-47-48(52)46-57-50(54)43-41-39-37-35-33-31-29-27-22-20-18-16-14-12-10-8-6-4-2/h11,13-14,16-17,19-20,22-24,48,52H,3-10,12,15,18,21,25-47H2,1-2H3,(H,51,53)(H,55,56)/b13-11-,16-14-,19-17-,22-20-,24-23-. The first-order valence-corrected chi connectivity index (χ1v) is 25.8. The van der Waals surface area contributed by atoms with E-state index < -0.39 is 26.5 Å². The Morgan fingerprint density at radius 1 is 0.517 bits per heavy atom. The van der Waals surface area contributed by atoms with Gasteiger partial charge in [-0.2, -0.15) is 0 Å². The van der Waals surface area contributed by atoms with Crippen molar-refractivity contribution >= 4 is 19.7 Å². The minimum atomic E-state index is -4.43. The highest BCUT2D eigenvalue weighted by Crippen LogP contribution is 2.42. The third kappa shape index (κ3) is 46.8. The monoisotopic (exact) mass is 864 g/mol. The van der Waals surface area contributed by atoms with Crippen LogP contribution >= 0.6 is 7.82 Å². The van der Waals surface area contributed by atoms with Crippen molar-refractivity contribution in [2.24, 2.45) is 0 Å². The average Bonchev–Trinajstić information content (AvgIpc) is 3.23. The molecule has 0 saturated heterocycles. The molecule has 0 aliphatic carbocycles. The molecule has 0 heterocycles. The van der Waals surface area contributed by atoms with Gasteiger partial charge in [0.05, 0.1) is 13.2 Å². The van der Waals surface area contributed by atoms with Crippen LogP contribution in [0.1, 0.15) is 213 Å². The van der Waals surface area contributed by atoms with E-state index in [4.69, 9.17) is 13.8 Å². The zero-order valence-electron chi connectivity index (χ0n) is 38.4. The molecule has 0 spiro atoms. The molecule has 3 N–H and O–H groups in total. The van der Waals surface area contributed by atoms with Crippen LogP contribution in [0.25, 0.3) is 0 Å². The van der Waals surface area contributed by atoms with Crippen LogP contribution in [0, 0.1) is 0 Å². The summed E-state index contributed by atoms with van der Waals surface area (Å²) in [5.74, 6) is -0.531. The van der Waals surface area contributed by atoms with E-state index in [-0.39, 0.29) is 32.1 Å². The highest BCUT2D eigenvalue weighted by molar-refractivity contribution is 7.47. The van der Waals surface area contributed by atoms with Crippen LogP contribution in [0.2, 0.25) is 0 Å². The lowest BCUT2D eigenvalue weighted by Crippen LogP contribution is -2.27. The van der Waals surface area contributed by atoms with Crippen LogP contribution in [-0.4, -0.2) is 54.3 Å². The Morgan fingerprint density at radius 3 is 1.38 bits per heavy atom. The second-order valence-corrected chi connectivity index (χ2v) is 17.5. The Bertz CT molecular complexity index is 1170. The lowest BCUT2D eigenvalue weighted by atomic mass is 10.1. The molecule has 0 aromatic carbocycles. The van der Waals surface area contributed by atoms with Gasteiger partial charge in [0.15, 0.2) is 0 Å². The Balaban J connectivity index is 3.61. The fourth-order valence-electron chi connectivity index (χ4n) is 6.48. The summed E-state index contributed by atoms with van der Waals surface area (Å²) < 4.78 is 26.9. The van der Waals surface area contributed by atoms with E-state index in [0.29, 0.717) is 6.42 Å². The molecule has 2 atom stereocenters. The van der Waals surface area contributed by atoms with Crippen molar-refractivity contribution in [3.05, 3.63) is 60.8 Å². The maximum atomic E-state index is 12.1. The molecular weight excluding hydrogens is 774 g/mol. The van der Waals surface area contributed by atoms with Crippen molar-refractivity contribution in [3.8, 4) is 0 Å². The largest absolute Gasteiger partial charge is 0.472 e. The van der Waals surface area contributed by atoms with Gasteiger partial charge < -0.3 is 20.1 Å². The number of carbonyl (C=O) groups is 2. The maximum Gasteiger partial charge on any atom is 0.472 e. The number of aliphatic hydroxyl groups excluding tert-OH is 1. The number of ether oxygens (including phenoxy) is 1. The summed E-state index contributed by atoms with van der Waals surface area (Å²) in [5, 5.41) is 12.7. The van der Waals surface area contributed by atoms with Crippen LogP contribution in [-0.2, 0) is 27.9 Å². The molecule has 0 saturated carbocycles. The molecule has 0 aliphatic rings. The van der Waals surface area contributed by atoms with Crippen molar-refractivity contribution in [2.75, 3.05) is 26.4 Å². The molecule has 0 rings (SSSR count). The molecule has 0 bridgehead atoms. The van der Waals surface area contributed by atoms with Crippen molar-refractivity contribution < 1.29 is 37.9 Å². The SMILES string of the molecule is CCCCC/C=C\C/C=C\C/C=C\CCCCCCCCCCC(=O)NCCOP(=O)(O)OCC(O)COC(=O)CCCCCCCCC/C=C\C/C=C\CCCCCC. The molecule has 0 aromatic rings. The van der Waals surface area contributed by atoms with E-state index in [2.05, 4.69) is 79.9 Å². The first kappa shape index (κ1) is 57.7. The molecule has 0 radical (unpaired) electrons. The minimum Gasteiger partial charge on any atom is -0.463 e. The number of phosphoric ester groups is 1. The van der Waals surface area contributed by atoms with Crippen LogP contribution < -0.4 is 5.32 Å². The quantitative estimate of drug-likeness (QED) is 0.0239. The van der Waals surface area contributed by atoms with E-state index in [1.165, 1.54) is 109 Å². The zero-order chi connectivity index (χ0) is 43.9. The number of hydrogen-bond acceptors (Lipinski definition) is 7. The fraction of sp³-hybridized carbons (Fsp3) is 0.760. The second kappa shape index (κ2) is 46.2. The van der Waals surface area contributed by atoms with Crippen LogP contribution in [0.3, 0.4) is 0 Å². The average molecular weight is 864 g/mol. The first-order chi connectivity index (χ1) is 29.3. The fourth-order valence-corrected chi connectivity index (χ4v) is 7.23. The van der Waals surface area contributed by atoms with Gasteiger partial charge in [0.1, 0.15) is 12.7 Å². The number of aliphatic hydroxyl groups is 1. The Kier molecular flexibility index (Phi) is 44.5. The zero-order valence-corrected chi connectivity index (χ0v) is 39.3. The third-order valence-corrected chi connectivity index (χ3v) is 11.2. The Labute approximate surface area is 368 Å². The van der Waals surface area contributed by atoms with Crippen LogP contribution in [0.15, 0.2) is 60.8 Å². The Morgan fingerprint density at radius 2 is 0.900 bits per heavy atom. The van der Waals surface area contributed by atoms with Gasteiger partial charge in [-0.05, 0) is 83.5 Å². The van der Waals surface area contributed by atoms with Crippen molar-refractivity contribution in [2.45, 2.75) is 219 Å². The van der Waals surface area contributed by atoms with E-state index in [9.17, 15) is 24.2 Å². The van der Waals surface area contributed by atoms with Crippen molar-refractivity contribution in [1.29, 1.82) is 0 Å². The van der Waals surface area contributed by atoms with E-state index in [0.717, 1.165) is 77.0 Å². The number of amides is 1. The molecule has 0 aromatic heterocycles. The highest BCUT2D eigenvalue weighted by Gasteiger charge is 2.23. The first-order valence-electron chi connectivity index (χ1n) is 24.3. The highest BCUT2D eigenvalue weighted by atomic mass is 31.2. The molecule has 9 nitrogen and oxygen atoms in total. The maximum absolute atomic E-state index is 12.1. The van der Waals surface area contributed by atoms with Gasteiger partial charge in [-0.15, -0.1) is 0 Å². The van der Waals surface area contributed by atoms with Gasteiger partial charge in [0.2, 0.25) is 5.91 Å². The number of phosphoric acid groups is 1. The molecule has 2 unspecified atom stereocenters. The number of carbonyl (C=O) groups excluding carboxylic acids is 2. The van der Waals surface area contributed by atoms with Gasteiger partial charge in [0, 0.05) is 19.4 Å². The lowest BCUT2D eigenvalue weighted by Gasteiger charge is -2.15. The number of rotatable bonds is 45. The van der Waals surface area contributed by atoms with Crippen molar-refractivity contribution in [3.63, 3.8) is 0 Å². The molecule has 60 heavy (non-hydrogen) atoms. The predicted molar refractivity (Wildman–Crippen MR) is 252 cm³/mol. The summed E-state index contributed by atoms with van der Waals surface area (Å²) in [5.41, 5.74) is 0. The summed E-state index contributed by atoms with van der Waals surface area (Å²) in [6.07, 6.45) is 55.7. The summed E-state index contributed by atoms with van der Waals surface area (Å²) in [4.78, 5) is 34.0. The van der Waals surface area contributed by atoms with Gasteiger partial charge in [-0.3, -0.25) is 18.6 Å². The smallest absolute Gasteiger partial charge is 0.463 e. The van der Waals surface area contributed by atoms with Crippen molar-refractivity contribution in [1.82, 2.24) is 5.32 Å².